The lowest BCUT2D eigenvalue weighted by Gasteiger charge is -2.15. The van der Waals surface area contributed by atoms with Crippen molar-refractivity contribution in [2.24, 2.45) is 10.5 Å². The van der Waals surface area contributed by atoms with E-state index in [0.29, 0.717) is 6.42 Å². The van der Waals surface area contributed by atoms with Crippen LogP contribution in [-0.4, -0.2) is 23.7 Å². The molecular weight excluding hydrogens is 164 g/mol. The van der Waals surface area contributed by atoms with Gasteiger partial charge in [-0.3, -0.25) is 4.79 Å². The highest BCUT2D eigenvalue weighted by Gasteiger charge is 2.18. The summed E-state index contributed by atoms with van der Waals surface area (Å²) in [6.45, 7) is 7.26. The van der Waals surface area contributed by atoms with Crippen molar-refractivity contribution in [3.63, 3.8) is 0 Å². The summed E-state index contributed by atoms with van der Waals surface area (Å²) in [7, 11) is 0. The van der Waals surface area contributed by atoms with Crippen molar-refractivity contribution in [1.29, 1.82) is 0 Å². The minimum absolute atomic E-state index is 0.158. The van der Waals surface area contributed by atoms with Crippen molar-refractivity contribution in [2.75, 3.05) is 6.54 Å². The number of carbonyl (C=O) groups is 1. The lowest BCUT2D eigenvalue weighted by atomic mass is 9.93. The molecule has 0 radical (unpaired) electrons. The average molecular weight is 182 g/mol. The standard InChI is InChI=1S/C10H18N2O/c1-10(2,3)6-7-11-12-8-4-5-9(12)13/h7H,4-6,8H2,1-3H3/b11-7+. The molecule has 1 aliphatic heterocycles. The van der Waals surface area contributed by atoms with Crippen molar-refractivity contribution in [3.8, 4) is 0 Å². The van der Waals surface area contributed by atoms with Crippen molar-refractivity contribution in [1.82, 2.24) is 5.01 Å². The van der Waals surface area contributed by atoms with E-state index < -0.39 is 0 Å². The van der Waals surface area contributed by atoms with E-state index in [1.54, 1.807) is 5.01 Å². The monoisotopic (exact) mass is 182 g/mol. The van der Waals surface area contributed by atoms with E-state index >= 15 is 0 Å². The Bertz CT molecular complexity index is 215. The first-order chi connectivity index (χ1) is 5.99. The first-order valence-corrected chi connectivity index (χ1v) is 4.82. The van der Waals surface area contributed by atoms with Crippen LogP contribution in [0.4, 0.5) is 0 Å². The van der Waals surface area contributed by atoms with Crippen LogP contribution in [-0.2, 0) is 4.79 Å². The third kappa shape index (κ3) is 3.57. The topological polar surface area (TPSA) is 32.7 Å². The van der Waals surface area contributed by atoms with Crippen LogP contribution in [0.15, 0.2) is 5.10 Å². The first kappa shape index (κ1) is 10.2. The molecule has 0 N–H and O–H groups in total. The third-order valence-electron chi connectivity index (χ3n) is 1.97. The number of hydrazone groups is 1. The Kier molecular flexibility index (Phi) is 3.07. The van der Waals surface area contributed by atoms with Gasteiger partial charge in [-0.2, -0.15) is 5.10 Å². The van der Waals surface area contributed by atoms with Crippen molar-refractivity contribution >= 4 is 12.1 Å². The van der Waals surface area contributed by atoms with Crippen molar-refractivity contribution in [3.05, 3.63) is 0 Å². The average Bonchev–Trinajstić information content (AvgIpc) is 2.34. The Morgan fingerprint density at radius 1 is 1.54 bits per heavy atom. The van der Waals surface area contributed by atoms with Gasteiger partial charge in [-0.05, 0) is 18.3 Å². The molecule has 1 rings (SSSR count). The zero-order valence-electron chi connectivity index (χ0n) is 8.71. The van der Waals surface area contributed by atoms with Crippen LogP contribution in [0, 0.1) is 5.41 Å². The third-order valence-corrected chi connectivity index (χ3v) is 1.97. The lowest BCUT2D eigenvalue weighted by Crippen LogP contribution is -2.18. The molecule has 0 unspecified atom stereocenters. The van der Waals surface area contributed by atoms with Gasteiger partial charge in [-0.25, -0.2) is 5.01 Å². The minimum atomic E-state index is 0.158. The van der Waals surface area contributed by atoms with Gasteiger partial charge in [0.15, 0.2) is 0 Å². The van der Waals surface area contributed by atoms with Gasteiger partial charge in [-0.15, -0.1) is 0 Å². The molecule has 0 aromatic carbocycles. The Labute approximate surface area is 79.8 Å². The largest absolute Gasteiger partial charge is 0.273 e. The molecule has 3 nitrogen and oxygen atoms in total. The Hall–Kier alpha value is -0.860. The summed E-state index contributed by atoms with van der Waals surface area (Å²) >= 11 is 0. The highest BCUT2D eigenvalue weighted by atomic mass is 16.2. The number of carbonyl (C=O) groups excluding carboxylic acids is 1. The highest BCUT2D eigenvalue weighted by molar-refractivity contribution is 5.78. The maximum absolute atomic E-state index is 11.1. The molecule has 1 heterocycles. The van der Waals surface area contributed by atoms with Crippen LogP contribution in [0.2, 0.25) is 0 Å². The van der Waals surface area contributed by atoms with E-state index in [1.165, 1.54) is 0 Å². The van der Waals surface area contributed by atoms with Crippen LogP contribution in [0.3, 0.4) is 0 Å². The summed E-state index contributed by atoms with van der Waals surface area (Å²) in [5.41, 5.74) is 0.256. The van der Waals surface area contributed by atoms with E-state index in [4.69, 9.17) is 0 Å². The fourth-order valence-corrected chi connectivity index (χ4v) is 1.17. The summed E-state index contributed by atoms with van der Waals surface area (Å²) in [5.74, 6) is 0.158. The Balaban J connectivity index is 2.35. The Morgan fingerprint density at radius 3 is 2.69 bits per heavy atom. The van der Waals surface area contributed by atoms with Gasteiger partial charge in [0, 0.05) is 19.2 Å². The summed E-state index contributed by atoms with van der Waals surface area (Å²) in [4.78, 5) is 11.1. The van der Waals surface area contributed by atoms with Gasteiger partial charge >= 0.3 is 0 Å². The molecule has 0 aliphatic carbocycles. The molecule has 1 amide bonds. The molecule has 1 aliphatic rings. The first-order valence-electron chi connectivity index (χ1n) is 4.82. The molecule has 0 aromatic rings. The molecule has 1 fully saturated rings. The van der Waals surface area contributed by atoms with Crippen LogP contribution in [0.25, 0.3) is 0 Å². The van der Waals surface area contributed by atoms with Gasteiger partial charge in [0.2, 0.25) is 5.91 Å². The quantitative estimate of drug-likeness (QED) is 0.601. The number of hydrogen-bond acceptors (Lipinski definition) is 2. The predicted molar refractivity (Wildman–Crippen MR) is 53.5 cm³/mol. The van der Waals surface area contributed by atoms with Crippen LogP contribution >= 0.6 is 0 Å². The molecule has 3 heteroatoms. The number of hydrogen-bond donors (Lipinski definition) is 0. The van der Waals surface area contributed by atoms with Gasteiger partial charge in [-0.1, -0.05) is 20.8 Å². The summed E-state index contributed by atoms with van der Waals surface area (Å²) in [6, 6.07) is 0. The van der Waals surface area contributed by atoms with Gasteiger partial charge in [0.05, 0.1) is 0 Å². The number of nitrogens with zero attached hydrogens (tertiary/aromatic N) is 2. The zero-order chi connectivity index (χ0) is 9.90. The van der Waals surface area contributed by atoms with Gasteiger partial charge in [0.25, 0.3) is 0 Å². The van der Waals surface area contributed by atoms with Gasteiger partial charge < -0.3 is 0 Å². The molecule has 0 aromatic heterocycles. The van der Waals surface area contributed by atoms with Crippen LogP contribution in [0.1, 0.15) is 40.0 Å². The predicted octanol–water partition coefficient (Wildman–Crippen LogP) is 2.03. The second-order valence-corrected chi connectivity index (χ2v) is 4.68. The molecule has 0 bridgehead atoms. The van der Waals surface area contributed by atoms with E-state index in [0.717, 1.165) is 19.4 Å². The Morgan fingerprint density at radius 2 is 2.23 bits per heavy atom. The summed E-state index contributed by atoms with van der Waals surface area (Å²) in [6.07, 6.45) is 4.37. The number of amides is 1. The van der Waals surface area contributed by atoms with Crippen molar-refractivity contribution in [2.45, 2.75) is 40.0 Å². The van der Waals surface area contributed by atoms with Crippen LogP contribution in [0.5, 0.6) is 0 Å². The second kappa shape index (κ2) is 3.90. The zero-order valence-corrected chi connectivity index (χ0v) is 8.71. The second-order valence-electron chi connectivity index (χ2n) is 4.68. The van der Waals surface area contributed by atoms with E-state index in [-0.39, 0.29) is 11.3 Å². The summed E-state index contributed by atoms with van der Waals surface area (Å²) in [5, 5.41) is 5.72. The molecule has 1 saturated heterocycles. The van der Waals surface area contributed by atoms with Crippen LogP contribution < -0.4 is 0 Å². The molecular formula is C10H18N2O. The fraction of sp³-hybridized carbons (Fsp3) is 0.800. The fourth-order valence-electron chi connectivity index (χ4n) is 1.17. The van der Waals surface area contributed by atoms with E-state index in [2.05, 4.69) is 25.9 Å². The molecule has 0 saturated carbocycles. The lowest BCUT2D eigenvalue weighted by molar-refractivity contribution is -0.127. The van der Waals surface area contributed by atoms with Gasteiger partial charge in [0.1, 0.15) is 0 Å². The smallest absolute Gasteiger partial charge is 0.242 e. The van der Waals surface area contributed by atoms with E-state index in [9.17, 15) is 4.79 Å². The maximum atomic E-state index is 11.1. The normalized spacial score (nSPS) is 19.0. The highest BCUT2D eigenvalue weighted by Crippen LogP contribution is 2.17. The molecule has 13 heavy (non-hydrogen) atoms. The minimum Gasteiger partial charge on any atom is -0.273 e. The molecule has 0 atom stereocenters. The number of rotatable bonds is 2. The SMILES string of the molecule is CC(C)(C)C/C=N/N1CCCC1=O. The molecule has 0 spiro atoms. The molecule has 74 valence electrons. The van der Waals surface area contributed by atoms with E-state index in [1.807, 2.05) is 6.21 Å². The van der Waals surface area contributed by atoms with Crippen molar-refractivity contribution < 1.29 is 4.79 Å². The maximum Gasteiger partial charge on any atom is 0.242 e. The summed E-state index contributed by atoms with van der Waals surface area (Å²) < 4.78 is 0.